The Morgan fingerprint density at radius 2 is 1.51 bits per heavy atom. The number of aryl methyl sites for hydroxylation is 1. The number of carbonyl (C=O) groups excluding carboxylic acids is 2. The van der Waals surface area contributed by atoms with Crippen LogP contribution in [0.4, 0.5) is 9.59 Å². The first-order valence-corrected chi connectivity index (χ1v) is 19.6. The Labute approximate surface area is 291 Å². The number of amides is 1. The molecular formula is C38H52N4O6Si. The van der Waals surface area contributed by atoms with Crippen LogP contribution in [-0.2, 0) is 13.9 Å². The number of pyridine rings is 1. The third-order valence-electron chi connectivity index (χ3n) is 8.28. The summed E-state index contributed by atoms with van der Waals surface area (Å²) in [4.78, 5) is 30.6. The van der Waals surface area contributed by atoms with Crippen LogP contribution in [0.2, 0.25) is 18.1 Å². The maximum Gasteiger partial charge on any atom is 0.435 e. The molecule has 0 aliphatic carbocycles. The summed E-state index contributed by atoms with van der Waals surface area (Å²) in [6.07, 6.45) is 0.622. The van der Waals surface area contributed by atoms with Crippen LogP contribution in [0.5, 0.6) is 5.75 Å². The van der Waals surface area contributed by atoms with Gasteiger partial charge in [-0.2, -0.15) is 9.78 Å². The van der Waals surface area contributed by atoms with Gasteiger partial charge in [-0.1, -0.05) is 57.2 Å². The highest BCUT2D eigenvalue weighted by Gasteiger charge is 2.38. The molecule has 1 atom stereocenters. The van der Waals surface area contributed by atoms with Gasteiger partial charge in [-0.05, 0) is 90.4 Å². The molecule has 10 nitrogen and oxygen atoms in total. The molecule has 2 aromatic carbocycles. The summed E-state index contributed by atoms with van der Waals surface area (Å²) in [5, 5.41) is 8.26. The highest BCUT2D eigenvalue weighted by molar-refractivity contribution is 6.74. The van der Waals surface area contributed by atoms with Gasteiger partial charge in [-0.3, -0.25) is 4.98 Å². The summed E-state index contributed by atoms with van der Waals surface area (Å²) in [6, 6.07) is 17.2. The van der Waals surface area contributed by atoms with E-state index in [1.165, 1.54) is 4.68 Å². The molecule has 2 heterocycles. The zero-order valence-electron chi connectivity index (χ0n) is 31.1. The number of rotatable bonds is 9. The van der Waals surface area contributed by atoms with Crippen LogP contribution in [-0.4, -0.2) is 65.7 Å². The second-order valence-electron chi connectivity index (χ2n) is 15.9. The number of aromatic nitrogens is 3. The van der Waals surface area contributed by atoms with Crippen molar-refractivity contribution in [1.29, 1.82) is 0 Å². The molecule has 0 fully saturated rings. The van der Waals surface area contributed by atoms with Crippen LogP contribution >= 0.6 is 0 Å². The summed E-state index contributed by atoms with van der Waals surface area (Å²) in [5.41, 5.74) is 3.47. The van der Waals surface area contributed by atoms with Gasteiger partial charge in [0, 0.05) is 16.5 Å². The van der Waals surface area contributed by atoms with Gasteiger partial charge in [0.1, 0.15) is 23.6 Å². The van der Waals surface area contributed by atoms with Gasteiger partial charge in [-0.15, -0.1) is 0 Å². The maximum atomic E-state index is 12.9. The number of fused-ring (bicyclic) bond motifs is 1. The Bertz CT molecular complexity index is 1780. The Hall–Kier alpha value is -4.22. The summed E-state index contributed by atoms with van der Waals surface area (Å²) in [5.74, 6) is 0.527. The lowest BCUT2D eigenvalue weighted by Crippen LogP contribution is -2.49. The molecule has 1 N–H and O–H groups in total. The molecule has 0 bridgehead atoms. The molecule has 49 heavy (non-hydrogen) atoms. The maximum absolute atomic E-state index is 12.9. The monoisotopic (exact) mass is 688 g/mol. The van der Waals surface area contributed by atoms with Crippen molar-refractivity contribution in [1.82, 2.24) is 20.1 Å². The Kier molecular flexibility index (Phi) is 11.0. The number of ether oxygens (including phenoxy) is 3. The van der Waals surface area contributed by atoms with Gasteiger partial charge < -0.3 is 24.0 Å². The lowest BCUT2D eigenvalue weighted by atomic mass is 9.98. The minimum atomic E-state index is -2.11. The van der Waals surface area contributed by atoms with Crippen LogP contribution < -0.4 is 10.1 Å². The molecule has 0 spiro atoms. The smallest absolute Gasteiger partial charge is 0.435 e. The molecule has 11 heteroatoms. The molecule has 2 aromatic heterocycles. The standard InChI is InChI=1S/C38H52N4O6Si/c1-25-30-20-27(18-19-32(30)42(41-25)35(44)48-37(5,6)7)31-21-29(22-39-33(31)26-16-14-13-15-17-26)45-23-28(40-34(43)47-36(2,3)4)24-46-49(11,12)38(8,9)10/h13-22,28H,23-24H2,1-12H3,(H,40,43)/t28-/m1/s1. The largest absolute Gasteiger partial charge is 0.490 e. The number of hydrogen-bond acceptors (Lipinski definition) is 8. The van der Waals surface area contributed by atoms with E-state index < -0.39 is 37.7 Å². The molecule has 4 aromatic rings. The summed E-state index contributed by atoms with van der Waals surface area (Å²) < 4.78 is 25.2. The summed E-state index contributed by atoms with van der Waals surface area (Å²) in [7, 11) is -2.11. The first-order chi connectivity index (χ1) is 22.6. The van der Waals surface area contributed by atoms with Crippen molar-refractivity contribution in [3.8, 4) is 28.1 Å². The van der Waals surface area contributed by atoms with E-state index in [1.807, 2.05) is 103 Å². The highest BCUT2D eigenvalue weighted by Crippen LogP contribution is 2.37. The topological polar surface area (TPSA) is 114 Å². The Morgan fingerprint density at radius 1 is 0.857 bits per heavy atom. The number of nitrogens with zero attached hydrogens (tertiary/aromatic N) is 3. The SMILES string of the molecule is Cc1nn(C(=O)OC(C)(C)C)c2ccc(-c3cc(OC[C@H](CO[Si](C)(C)C(C)(C)C)NC(=O)OC(C)(C)C)cnc3-c3ccccc3)cc12. The molecule has 264 valence electrons. The van der Waals surface area contributed by atoms with Crippen LogP contribution in [0.1, 0.15) is 68.0 Å². The number of hydrogen-bond donors (Lipinski definition) is 1. The van der Waals surface area contributed by atoms with Crippen LogP contribution in [0.15, 0.2) is 60.8 Å². The van der Waals surface area contributed by atoms with E-state index in [1.54, 1.807) is 6.20 Å². The van der Waals surface area contributed by atoms with Gasteiger partial charge in [0.2, 0.25) is 0 Å². The van der Waals surface area contributed by atoms with E-state index in [9.17, 15) is 9.59 Å². The number of carbonyl (C=O) groups is 2. The van der Waals surface area contributed by atoms with E-state index in [2.05, 4.69) is 44.3 Å². The summed E-state index contributed by atoms with van der Waals surface area (Å²) in [6.45, 7) is 24.1. The first-order valence-electron chi connectivity index (χ1n) is 16.7. The third-order valence-corrected chi connectivity index (χ3v) is 12.8. The quantitative estimate of drug-likeness (QED) is 0.173. The van der Waals surface area contributed by atoms with Crippen LogP contribution in [0, 0.1) is 6.92 Å². The number of nitrogens with one attached hydrogen (secondary N) is 1. The molecule has 0 unspecified atom stereocenters. The Morgan fingerprint density at radius 3 is 2.12 bits per heavy atom. The summed E-state index contributed by atoms with van der Waals surface area (Å²) >= 11 is 0. The van der Waals surface area contributed by atoms with Gasteiger partial charge in [0.25, 0.3) is 0 Å². The van der Waals surface area contributed by atoms with E-state index >= 15 is 0 Å². The fraction of sp³-hybridized carbons (Fsp3) is 0.474. The van der Waals surface area contributed by atoms with Gasteiger partial charge in [0.05, 0.1) is 35.8 Å². The molecule has 4 rings (SSSR count). The second kappa shape index (κ2) is 14.3. The van der Waals surface area contributed by atoms with Crippen molar-refractivity contribution in [2.24, 2.45) is 0 Å². The van der Waals surface area contributed by atoms with Crippen molar-refractivity contribution >= 4 is 31.4 Å². The van der Waals surface area contributed by atoms with Crippen molar-refractivity contribution in [2.75, 3.05) is 13.2 Å². The average molecular weight is 689 g/mol. The molecule has 0 aliphatic rings. The van der Waals surface area contributed by atoms with E-state index in [-0.39, 0.29) is 18.3 Å². The molecule has 1 amide bonds. The molecule has 0 aliphatic heterocycles. The minimum absolute atomic E-state index is 0.000721. The van der Waals surface area contributed by atoms with E-state index in [0.29, 0.717) is 17.0 Å². The third kappa shape index (κ3) is 9.92. The zero-order valence-corrected chi connectivity index (χ0v) is 32.1. The zero-order chi connectivity index (χ0) is 36.4. The van der Waals surface area contributed by atoms with Crippen molar-refractivity contribution in [3.05, 3.63) is 66.5 Å². The average Bonchev–Trinajstić information content (AvgIpc) is 3.32. The van der Waals surface area contributed by atoms with Crippen LogP contribution in [0.3, 0.4) is 0 Å². The second-order valence-corrected chi connectivity index (χ2v) is 20.7. The lowest BCUT2D eigenvalue weighted by Gasteiger charge is -2.37. The predicted octanol–water partition coefficient (Wildman–Crippen LogP) is 9.15. The van der Waals surface area contributed by atoms with Gasteiger partial charge in [0.15, 0.2) is 8.32 Å². The molecule has 0 saturated heterocycles. The molecule has 0 saturated carbocycles. The van der Waals surface area contributed by atoms with Crippen molar-refractivity contribution in [2.45, 2.75) is 105 Å². The number of alkyl carbamates (subject to hydrolysis) is 1. The molecule has 0 radical (unpaired) electrons. The van der Waals surface area contributed by atoms with Crippen molar-refractivity contribution < 1.29 is 28.2 Å². The fourth-order valence-corrected chi connectivity index (χ4v) is 5.83. The molecular weight excluding hydrogens is 637 g/mol. The highest BCUT2D eigenvalue weighted by atomic mass is 28.4. The van der Waals surface area contributed by atoms with E-state index in [4.69, 9.17) is 23.6 Å². The fourth-order valence-electron chi connectivity index (χ4n) is 4.78. The van der Waals surface area contributed by atoms with Crippen LogP contribution in [0.25, 0.3) is 33.3 Å². The Balaban J connectivity index is 1.68. The normalized spacial score (nSPS) is 13.2. The van der Waals surface area contributed by atoms with Gasteiger partial charge in [-0.25, -0.2) is 9.59 Å². The predicted molar refractivity (Wildman–Crippen MR) is 197 cm³/mol. The van der Waals surface area contributed by atoms with Crippen molar-refractivity contribution in [3.63, 3.8) is 0 Å². The minimum Gasteiger partial charge on any atom is -0.490 e. The number of benzene rings is 2. The lowest BCUT2D eigenvalue weighted by molar-refractivity contribution is 0.0460. The van der Waals surface area contributed by atoms with E-state index in [0.717, 1.165) is 27.8 Å². The van der Waals surface area contributed by atoms with Gasteiger partial charge >= 0.3 is 12.2 Å². The first kappa shape index (κ1) is 37.6.